The Morgan fingerprint density at radius 3 is 2.16 bits per heavy atom. The van der Waals surface area contributed by atoms with E-state index in [-0.39, 0.29) is 11.7 Å². The van der Waals surface area contributed by atoms with Gasteiger partial charge < -0.3 is 9.80 Å². The summed E-state index contributed by atoms with van der Waals surface area (Å²) in [5.41, 5.74) is 5.09. The molecule has 2 heterocycles. The zero-order valence-corrected chi connectivity index (χ0v) is 17.7. The SMILES string of the molecule is CC(=O)N1CCN(c2ccc(C(=O)CCc3ccc(-c4ccnnc4)cc3)cc2)CC1. The average Bonchev–Trinajstić information content (AvgIpc) is 2.83. The van der Waals surface area contributed by atoms with Crippen molar-refractivity contribution >= 4 is 17.4 Å². The Kier molecular flexibility index (Phi) is 6.36. The van der Waals surface area contributed by atoms with Gasteiger partial charge in [-0.1, -0.05) is 24.3 Å². The van der Waals surface area contributed by atoms with Gasteiger partial charge in [0, 0.05) is 56.3 Å². The number of aromatic nitrogens is 2. The van der Waals surface area contributed by atoms with E-state index in [1.165, 1.54) is 0 Å². The normalized spacial score (nSPS) is 13.8. The van der Waals surface area contributed by atoms with Gasteiger partial charge in [0.15, 0.2) is 5.78 Å². The van der Waals surface area contributed by atoms with Crippen LogP contribution in [-0.4, -0.2) is 53.0 Å². The summed E-state index contributed by atoms with van der Waals surface area (Å²) in [5.74, 6) is 0.278. The summed E-state index contributed by atoms with van der Waals surface area (Å²) in [6, 6.07) is 18.0. The van der Waals surface area contributed by atoms with Gasteiger partial charge >= 0.3 is 0 Å². The van der Waals surface area contributed by atoms with Gasteiger partial charge in [0.25, 0.3) is 0 Å². The van der Waals surface area contributed by atoms with Crippen molar-refractivity contribution in [3.63, 3.8) is 0 Å². The summed E-state index contributed by atoms with van der Waals surface area (Å²) in [5, 5.41) is 7.71. The molecule has 1 aliphatic rings. The lowest BCUT2D eigenvalue weighted by molar-refractivity contribution is -0.129. The van der Waals surface area contributed by atoms with E-state index in [2.05, 4.69) is 39.4 Å². The first-order valence-electron chi connectivity index (χ1n) is 10.6. The van der Waals surface area contributed by atoms with E-state index in [0.29, 0.717) is 12.8 Å². The molecule has 0 bridgehead atoms. The van der Waals surface area contributed by atoms with Gasteiger partial charge in [0.2, 0.25) is 5.91 Å². The Balaban J connectivity index is 1.30. The first-order valence-corrected chi connectivity index (χ1v) is 10.6. The van der Waals surface area contributed by atoms with Gasteiger partial charge in [-0.15, -0.1) is 0 Å². The zero-order valence-electron chi connectivity index (χ0n) is 17.7. The molecular formula is C25H26N4O2. The minimum atomic E-state index is 0.129. The molecule has 6 nitrogen and oxygen atoms in total. The van der Waals surface area contributed by atoms with Crippen molar-refractivity contribution in [1.82, 2.24) is 15.1 Å². The summed E-state index contributed by atoms with van der Waals surface area (Å²) in [6.07, 6.45) is 4.61. The van der Waals surface area contributed by atoms with E-state index in [1.54, 1.807) is 19.3 Å². The highest BCUT2D eigenvalue weighted by molar-refractivity contribution is 5.96. The quantitative estimate of drug-likeness (QED) is 0.577. The van der Waals surface area contributed by atoms with Crippen molar-refractivity contribution in [3.8, 4) is 11.1 Å². The molecule has 2 aromatic carbocycles. The highest BCUT2D eigenvalue weighted by Crippen LogP contribution is 2.20. The molecule has 1 saturated heterocycles. The number of aryl methyl sites for hydroxylation is 1. The zero-order chi connectivity index (χ0) is 21.6. The van der Waals surface area contributed by atoms with E-state index < -0.39 is 0 Å². The highest BCUT2D eigenvalue weighted by atomic mass is 16.2. The molecule has 31 heavy (non-hydrogen) atoms. The van der Waals surface area contributed by atoms with Crippen LogP contribution in [0.25, 0.3) is 11.1 Å². The third-order valence-electron chi connectivity index (χ3n) is 5.79. The molecule has 0 unspecified atom stereocenters. The molecular weight excluding hydrogens is 388 g/mol. The predicted molar refractivity (Wildman–Crippen MR) is 121 cm³/mol. The first kappa shape index (κ1) is 20.7. The standard InChI is InChI=1S/C25H26N4O2/c1-19(30)28-14-16-29(17-15-28)24-9-7-22(8-10-24)25(31)11-4-20-2-5-21(6-3-20)23-12-13-26-27-18-23/h2-3,5-10,12-13,18H,4,11,14-17H2,1H3. The third-order valence-corrected chi connectivity index (χ3v) is 5.79. The second kappa shape index (κ2) is 9.51. The highest BCUT2D eigenvalue weighted by Gasteiger charge is 2.19. The number of benzene rings is 2. The van der Waals surface area contributed by atoms with Crippen LogP contribution in [0.15, 0.2) is 67.0 Å². The number of nitrogens with zero attached hydrogens (tertiary/aromatic N) is 4. The van der Waals surface area contributed by atoms with Crippen molar-refractivity contribution in [1.29, 1.82) is 0 Å². The Bertz CT molecular complexity index is 1030. The number of rotatable bonds is 6. The van der Waals surface area contributed by atoms with E-state index >= 15 is 0 Å². The molecule has 1 amide bonds. The number of amides is 1. The molecule has 6 heteroatoms. The van der Waals surface area contributed by atoms with Crippen LogP contribution < -0.4 is 4.90 Å². The molecule has 0 spiro atoms. The number of carbonyl (C=O) groups is 2. The average molecular weight is 415 g/mol. The number of piperazine rings is 1. The number of hydrogen-bond donors (Lipinski definition) is 0. The molecule has 4 rings (SSSR count). The van der Waals surface area contributed by atoms with Gasteiger partial charge in [-0.05, 0) is 47.9 Å². The lowest BCUT2D eigenvalue weighted by atomic mass is 10.0. The Morgan fingerprint density at radius 2 is 1.55 bits per heavy atom. The fourth-order valence-electron chi connectivity index (χ4n) is 3.87. The Morgan fingerprint density at radius 1 is 0.839 bits per heavy atom. The van der Waals surface area contributed by atoms with Gasteiger partial charge in [0.1, 0.15) is 0 Å². The number of Topliss-reactive ketones (excluding diaryl/α,β-unsaturated/α-hetero) is 1. The molecule has 1 aromatic heterocycles. The van der Waals surface area contributed by atoms with Crippen molar-refractivity contribution in [2.24, 2.45) is 0 Å². The molecule has 3 aromatic rings. The summed E-state index contributed by atoms with van der Waals surface area (Å²) < 4.78 is 0. The number of carbonyl (C=O) groups excluding carboxylic acids is 2. The third kappa shape index (κ3) is 5.15. The predicted octanol–water partition coefficient (Wildman–Crippen LogP) is 3.63. The van der Waals surface area contributed by atoms with Crippen LogP contribution in [0.4, 0.5) is 5.69 Å². The van der Waals surface area contributed by atoms with Crippen molar-refractivity contribution < 1.29 is 9.59 Å². The summed E-state index contributed by atoms with van der Waals surface area (Å²) in [6.45, 7) is 4.73. The summed E-state index contributed by atoms with van der Waals surface area (Å²) in [4.78, 5) is 28.2. The minimum Gasteiger partial charge on any atom is -0.368 e. The Hall–Kier alpha value is -3.54. The van der Waals surface area contributed by atoms with Crippen LogP contribution >= 0.6 is 0 Å². The van der Waals surface area contributed by atoms with E-state index in [1.807, 2.05) is 35.2 Å². The maximum atomic E-state index is 12.6. The van der Waals surface area contributed by atoms with Crippen LogP contribution in [0.5, 0.6) is 0 Å². The number of hydrogen-bond acceptors (Lipinski definition) is 5. The van der Waals surface area contributed by atoms with Gasteiger partial charge in [-0.25, -0.2) is 0 Å². The van der Waals surface area contributed by atoms with Gasteiger partial charge in [-0.3, -0.25) is 9.59 Å². The van der Waals surface area contributed by atoms with E-state index in [4.69, 9.17) is 0 Å². The molecule has 158 valence electrons. The van der Waals surface area contributed by atoms with Crippen LogP contribution in [-0.2, 0) is 11.2 Å². The van der Waals surface area contributed by atoms with E-state index in [9.17, 15) is 9.59 Å². The molecule has 0 radical (unpaired) electrons. The van der Waals surface area contributed by atoms with Crippen molar-refractivity contribution in [3.05, 3.63) is 78.1 Å². The van der Waals surface area contributed by atoms with Gasteiger partial charge in [-0.2, -0.15) is 10.2 Å². The van der Waals surface area contributed by atoms with Crippen LogP contribution in [0.3, 0.4) is 0 Å². The lowest BCUT2D eigenvalue weighted by Gasteiger charge is -2.35. The fourth-order valence-corrected chi connectivity index (χ4v) is 3.87. The summed E-state index contributed by atoms with van der Waals surface area (Å²) >= 11 is 0. The summed E-state index contributed by atoms with van der Waals surface area (Å²) in [7, 11) is 0. The number of ketones is 1. The second-order valence-corrected chi connectivity index (χ2v) is 7.79. The number of anilines is 1. The van der Waals surface area contributed by atoms with E-state index in [0.717, 1.165) is 54.1 Å². The first-order chi connectivity index (χ1) is 15.1. The van der Waals surface area contributed by atoms with Crippen LogP contribution in [0.1, 0.15) is 29.3 Å². The topological polar surface area (TPSA) is 66.4 Å². The maximum absolute atomic E-state index is 12.6. The molecule has 0 saturated carbocycles. The molecule has 1 aliphatic heterocycles. The Labute approximate surface area is 182 Å². The minimum absolute atomic E-state index is 0.129. The smallest absolute Gasteiger partial charge is 0.219 e. The lowest BCUT2D eigenvalue weighted by Crippen LogP contribution is -2.48. The molecule has 0 N–H and O–H groups in total. The maximum Gasteiger partial charge on any atom is 0.219 e. The molecule has 0 atom stereocenters. The van der Waals surface area contributed by atoms with Crippen LogP contribution in [0.2, 0.25) is 0 Å². The molecule has 1 fully saturated rings. The second-order valence-electron chi connectivity index (χ2n) is 7.79. The van der Waals surface area contributed by atoms with Gasteiger partial charge in [0.05, 0.1) is 12.4 Å². The van der Waals surface area contributed by atoms with Crippen molar-refractivity contribution in [2.75, 3.05) is 31.1 Å². The largest absolute Gasteiger partial charge is 0.368 e. The molecule has 0 aliphatic carbocycles. The fraction of sp³-hybridized carbons (Fsp3) is 0.280. The van der Waals surface area contributed by atoms with Crippen molar-refractivity contribution in [2.45, 2.75) is 19.8 Å². The monoisotopic (exact) mass is 414 g/mol. The van der Waals surface area contributed by atoms with Crippen LogP contribution in [0, 0.1) is 0 Å².